The molecule has 1 atom stereocenters. The van der Waals surface area contributed by atoms with Crippen molar-refractivity contribution in [1.29, 1.82) is 0 Å². The number of anilines is 1. The predicted octanol–water partition coefficient (Wildman–Crippen LogP) is 3.75. The Kier molecular flexibility index (Phi) is 5.24. The van der Waals surface area contributed by atoms with Crippen molar-refractivity contribution in [3.05, 3.63) is 28.8 Å². The lowest BCUT2D eigenvalue weighted by Crippen LogP contribution is -2.48. The topological polar surface area (TPSA) is 41.1 Å². The van der Waals surface area contributed by atoms with Crippen molar-refractivity contribution in [2.45, 2.75) is 52.6 Å². The molecule has 4 heteroatoms. The second-order valence-electron chi connectivity index (χ2n) is 5.58. The van der Waals surface area contributed by atoms with E-state index >= 15 is 0 Å². The van der Waals surface area contributed by atoms with E-state index in [-0.39, 0.29) is 17.5 Å². The molecule has 1 unspecified atom stereocenters. The fraction of sp³-hybridized carbons (Fsp3) is 0.533. The number of amides is 1. The molecule has 0 fully saturated rings. The van der Waals surface area contributed by atoms with E-state index in [2.05, 4.69) is 17.6 Å². The summed E-state index contributed by atoms with van der Waals surface area (Å²) in [5.74, 6) is -0.0237. The number of carbonyl (C=O) groups is 1. The minimum absolute atomic E-state index is 0.0237. The van der Waals surface area contributed by atoms with Crippen molar-refractivity contribution in [2.75, 3.05) is 5.32 Å². The number of hydrogen-bond donors (Lipinski definition) is 2. The van der Waals surface area contributed by atoms with Crippen LogP contribution in [0.1, 0.15) is 39.7 Å². The van der Waals surface area contributed by atoms with Gasteiger partial charge in [-0.3, -0.25) is 4.79 Å². The number of nitrogens with one attached hydrogen (secondary N) is 2. The Labute approximate surface area is 120 Å². The van der Waals surface area contributed by atoms with Crippen LogP contribution in [0, 0.1) is 6.92 Å². The second kappa shape index (κ2) is 6.29. The number of hydrogen-bond acceptors (Lipinski definition) is 2. The van der Waals surface area contributed by atoms with E-state index in [1.807, 2.05) is 45.9 Å². The Hall–Kier alpha value is -1.22. The maximum absolute atomic E-state index is 12.1. The van der Waals surface area contributed by atoms with Crippen molar-refractivity contribution < 1.29 is 4.79 Å². The summed E-state index contributed by atoms with van der Waals surface area (Å²) < 4.78 is 0. The Morgan fingerprint density at radius 2 is 2.05 bits per heavy atom. The van der Waals surface area contributed by atoms with Crippen LogP contribution in [0.25, 0.3) is 0 Å². The van der Waals surface area contributed by atoms with Crippen LogP contribution in [-0.4, -0.2) is 17.5 Å². The molecule has 1 rings (SSSR count). The van der Waals surface area contributed by atoms with Gasteiger partial charge in [-0.25, -0.2) is 0 Å². The van der Waals surface area contributed by atoms with Crippen LogP contribution in [0.15, 0.2) is 18.2 Å². The molecule has 19 heavy (non-hydrogen) atoms. The first-order valence-corrected chi connectivity index (χ1v) is 6.97. The molecule has 0 saturated heterocycles. The van der Waals surface area contributed by atoms with E-state index in [1.165, 1.54) is 0 Å². The van der Waals surface area contributed by atoms with Crippen molar-refractivity contribution >= 4 is 23.2 Å². The van der Waals surface area contributed by atoms with Crippen molar-refractivity contribution in [2.24, 2.45) is 0 Å². The summed E-state index contributed by atoms with van der Waals surface area (Å²) in [5.41, 5.74) is 1.70. The SMILES string of the molecule is CCC(C)(C)NC(=O)C(C)Nc1cc(C)ccc1Cl. The first kappa shape index (κ1) is 15.8. The van der Waals surface area contributed by atoms with Crippen LogP contribution < -0.4 is 10.6 Å². The van der Waals surface area contributed by atoms with E-state index in [0.717, 1.165) is 17.7 Å². The summed E-state index contributed by atoms with van der Waals surface area (Å²) in [6, 6.07) is 5.39. The summed E-state index contributed by atoms with van der Waals surface area (Å²) in [6.07, 6.45) is 0.886. The second-order valence-corrected chi connectivity index (χ2v) is 5.98. The molecule has 0 bridgehead atoms. The largest absolute Gasteiger partial charge is 0.373 e. The predicted molar refractivity (Wildman–Crippen MR) is 81.8 cm³/mol. The van der Waals surface area contributed by atoms with Gasteiger partial charge in [-0.05, 0) is 51.8 Å². The normalized spacial score (nSPS) is 12.9. The Morgan fingerprint density at radius 3 is 2.63 bits per heavy atom. The summed E-state index contributed by atoms with van der Waals surface area (Å²) in [4.78, 5) is 12.1. The van der Waals surface area contributed by atoms with Gasteiger partial charge in [-0.15, -0.1) is 0 Å². The van der Waals surface area contributed by atoms with Crippen molar-refractivity contribution in [3.63, 3.8) is 0 Å². The monoisotopic (exact) mass is 282 g/mol. The molecule has 106 valence electrons. The summed E-state index contributed by atoms with van der Waals surface area (Å²) in [5, 5.41) is 6.79. The van der Waals surface area contributed by atoms with Gasteiger partial charge >= 0.3 is 0 Å². The highest BCUT2D eigenvalue weighted by molar-refractivity contribution is 6.33. The van der Waals surface area contributed by atoms with Gasteiger partial charge in [-0.2, -0.15) is 0 Å². The highest BCUT2D eigenvalue weighted by Crippen LogP contribution is 2.23. The zero-order valence-electron chi connectivity index (χ0n) is 12.3. The van der Waals surface area contributed by atoms with Gasteiger partial charge in [-0.1, -0.05) is 24.6 Å². The Balaban J connectivity index is 2.71. The van der Waals surface area contributed by atoms with Gasteiger partial charge in [0.05, 0.1) is 10.7 Å². The lowest BCUT2D eigenvalue weighted by Gasteiger charge is -2.27. The molecular formula is C15H23ClN2O. The van der Waals surface area contributed by atoms with Crippen LogP contribution in [0.5, 0.6) is 0 Å². The number of aryl methyl sites for hydroxylation is 1. The molecule has 0 radical (unpaired) electrons. The van der Waals surface area contributed by atoms with Gasteiger partial charge in [0.1, 0.15) is 6.04 Å². The third-order valence-corrected chi connectivity index (χ3v) is 3.56. The maximum atomic E-state index is 12.1. The van der Waals surface area contributed by atoms with Crippen molar-refractivity contribution in [3.8, 4) is 0 Å². The standard InChI is InChI=1S/C15H23ClN2O/c1-6-15(4,5)18-14(19)11(3)17-13-9-10(2)7-8-12(13)16/h7-9,11,17H,6H2,1-5H3,(H,18,19). The maximum Gasteiger partial charge on any atom is 0.242 e. The van der Waals surface area contributed by atoms with Crippen LogP contribution in [0.3, 0.4) is 0 Å². The quantitative estimate of drug-likeness (QED) is 0.863. The zero-order valence-corrected chi connectivity index (χ0v) is 13.1. The smallest absolute Gasteiger partial charge is 0.242 e. The van der Waals surface area contributed by atoms with E-state index in [0.29, 0.717) is 5.02 Å². The molecule has 1 amide bonds. The van der Waals surface area contributed by atoms with Crippen LogP contribution in [0.4, 0.5) is 5.69 Å². The molecular weight excluding hydrogens is 260 g/mol. The van der Waals surface area contributed by atoms with Gasteiger partial charge in [0.15, 0.2) is 0 Å². The third kappa shape index (κ3) is 4.75. The van der Waals surface area contributed by atoms with Crippen molar-refractivity contribution in [1.82, 2.24) is 5.32 Å². The highest BCUT2D eigenvalue weighted by atomic mass is 35.5. The van der Waals surface area contributed by atoms with Gasteiger partial charge in [0, 0.05) is 5.54 Å². The number of rotatable bonds is 5. The number of halogens is 1. The van der Waals surface area contributed by atoms with Crippen LogP contribution in [-0.2, 0) is 4.79 Å². The number of carbonyl (C=O) groups excluding carboxylic acids is 1. The lowest BCUT2D eigenvalue weighted by atomic mass is 10.0. The molecule has 0 aliphatic rings. The lowest BCUT2D eigenvalue weighted by molar-refractivity contribution is -0.123. The number of benzene rings is 1. The van der Waals surface area contributed by atoms with E-state index in [9.17, 15) is 4.79 Å². The molecule has 0 heterocycles. The summed E-state index contributed by atoms with van der Waals surface area (Å²) in [7, 11) is 0. The molecule has 0 aromatic heterocycles. The fourth-order valence-corrected chi connectivity index (χ4v) is 1.75. The van der Waals surface area contributed by atoms with Gasteiger partial charge in [0.25, 0.3) is 0 Å². The minimum Gasteiger partial charge on any atom is -0.373 e. The first-order valence-electron chi connectivity index (χ1n) is 6.60. The third-order valence-electron chi connectivity index (χ3n) is 3.23. The molecule has 1 aromatic rings. The zero-order chi connectivity index (χ0) is 14.6. The summed E-state index contributed by atoms with van der Waals surface area (Å²) in [6.45, 7) is 9.90. The molecule has 2 N–H and O–H groups in total. The van der Waals surface area contributed by atoms with Crippen LogP contribution >= 0.6 is 11.6 Å². The average Bonchev–Trinajstić information content (AvgIpc) is 2.33. The van der Waals surface area contributed by atoms with Gasteiger partial charge in [0.2, 0.25) is 5.91 Å². The van der Waals surface area contributed by atoms with E-state index in [4.69, 9.17) is 11.6 Å². The average molecular weight is 283 g/mol. The summed E-state index contributed by atoms with van der Waals surface area (Å²) >= 11 is 6.11. The molecule has 1 aromatic carbocycles. The Bertz CT molecular complexity index is 457. The Morgan fingerprint density at radius 1 is 1.42 bits per heavy atom. The van der Waals surface area contributed by atoms with Gasteiger partial charge < -0.3 is 10.6 Å². The highest BCUT2D eigenvalue weighted by Gasteiger charge is 2.22. The molecule has 0 aliphatic carbocycles. The molecule has 0 aliphatic heterocycles. The first-order chi connectivity index (χ1) is 8.75. The molecule has 3 nitrogen and oxygen atoms in total. The van der Waals surface area contributed by atoms with E-state index < -0.39 is 0 Å². The van der Waals surface area contributed by atoms with E-state index in [1.54, 1.807) is 0 Å². The van der Waals surface area contributed by atoms with Crippen LogP contribution in [0.2, 0.25) is 5.02 Å². The molecule has 0 saturated carbocycles. The minimum atomic E-state index is -0.329. The molecule has 0 spiro atoms. The fourth-order valence-electron chi connectivity index (χ4n) is 1.58.